The average molecular weight is 527 g/mol. The SMILES string of the molecule is CN1[C@H](C(=O)Nc2ccc(F)c(Br)c2)C[C@H](c2cc(Br)cs2)NS1(=O)=O. The maximum atomic E-state index is 13.3. The fourth-order valence-electron chi connectivity index (χ4n) is 2.61. The first-order valence-electron chi connectivity index (χ1n) is 7.42. The predicted octanol–water partition coefficient (Wildman–Crippen LogP) is 3.63. The zero-order chi connectivity index (χ0) is 19.1. The van der Waals surface area contributed by atoms with Gasteiger partial charge < -0.3 is 5.32 Å². The van der Waals surface area contributed by atoms with Crippen molar-refractivity contribution in [3.8, 4) is 0 Å². The summed E-state index contributed by atoms with van der Waals surface area (Å²) in [6.07, 6.45) is 0.275. The van der Waals surface area contributed by atoms with Gasteiger partial charge in [-0.2, -0.15) is 17.4 Å². The molecular formula is C15H14Br2FN3O3S2. The third kappa shape index (κ3) is 4.18. The number of carbonyl (C=O) groups excluding carboxylic acids is 1. The highest BCUT2D eigenvalue weighted by Crippen LogP contribution is 2.33. The normalized spacial score (nSPS) is 22.9. The van der Waals surface area contributed by atoms with Crippen molar-refractivity contribution < 1.29 is 17.6 Å². The van der Waals surface area contributed by atoms with Crippen molar-refractivity contribution in [2.75, 3.05) is 12.4 Å². The molecule has 0 spiro atoms. The first-order chi connectivity index (χ1) is 12.2. The number of hydrogen-bond donors (Lipinski definition) is 2. The van der Waals surface area contributed by atoms with Crippen molar-refractivity contribution >= 4 is 65.0 Å². The number of halogens is 3. The lowest BCUT2D eigenvalue weighted by Crippen LogP contribution is -2.55. The fraction of sp³-hybridized carbons (Fsp3) is 0.267. The molecule has 1 aromatic heterocycles. The van der Waals surface area contributed by atoms with E-state index in [1.54, 1.807) is 0 Å². The van der Waals surface area contributed by atoms with E-state index in [-0.39, 0.29) is 10.9 Å². The molecule has 1 aromatic carbocycles. The van der Waals surface area contributed by atoms with Gasteiger partial charge in [0.15, 0.2) is 0 Å². The van der Waals surface area contributed by atoms with Crippen LogP contribution in [0.2, 0.25) is 0 Å². The van der Waals surface area contributed by atoms with Gasteiger partial charge >= 0.3 is 0 Å². The zero-order valence-corrected chi connectivity index (χ0v) is 18.2. The summed E-state index contributed by atoms with van der Waals surface area (Å²) in [7, 11) is -2.45. The Balaban J connectivity index is 1.83. The van der Waals surface area contributed by atoms with E-state index in [1.807, 2.05) is 11.4 Å². The van der Waals surface area contributed by atoms with Crippen LogP contribution >= 0.6 is 43.2 Å². The maximum absolute atomic E-state index is 13.3. The Morgan fingerprint density at radius 3 is 2.73 bits per heavy atom. The number of likely N-dealkylation sites (N-methyl/N-ethyl adjacent to an activating group) is 1. The van der Waals surface area contributed by atoms with E-state index in [0.717, 1.165) is 13.7 Å². The number of nitrogens with zero attached hydrogens (tertiary/aromatic N) is 1. The van der Waals surface area contributed by atoms with Crippen LogP contribution in [-0.4, -0.2) is 31.7 Å². The molecule has 2 atom stereocenters. The molecule has 0 unspecified atom stereocenters. The summed E-state index contributed by atoms with van der Waals surface area (Å²) in [6.45, 7) is 0. The Labute approximate surface area is 171 Å². The Hall–Kier alpha value is -0.850. The molecule has 26 heavy (non-hydrogen) atoms. The van der Waals surface area contributed by atoms with Crippen LogP contribution < -0.4 is 10.0 Å². The maximum Gasteiger partial charge on any atom is 0.280 e. The number of rotatable bonds is 3. The number of carbonyl (C=O) groups is 1. The summed E-state index contributed by atoms with van der Waals surface area (Å²) in [5.74, 6) is -0.926. The molecule has 140 valence electrons. The predicted molar refractivity (Wildman–Crippen MR) is 106 cm³/mol. The molecule has 0 aliphatic carbocycles. The van der Waals surface area contributed by atoms with Crippen molar-refractivity contribution in [1.82, 2.24) is 9.03 Å². The van der Waals surface area contributed by atoms with Crippen LogP contribution in [0.15, 0.2) is 38.6 Å². The van der Waals surface area contributed by atoms with E-state index < -0.39 is 34.0 Å². The van der Waals surface area contributed by atoms with E-state index in [4.69, 9.17) is 0 Å². The number of hydrogen-bond acceptors (Lipinski definition) is 4. The highest BCUT2D eigenvalue weighted by molar-refractivity contribution is 9.10. The van der Waals surface area contributed by atoms with E-state index in [9.17, 15) is 17.6 Å². The van der Waals surface area contributed by atoms with Gasteiger partial charge in [-0.3, -0.25) is 4.79 Å². The highest BCUT2D eigenvalue weighted by atomic mass is 79.9. The molecule has 3 rings (SSSR count). The summed E-state index contributed by atoms with van der Waals surface area (Å²) in [5, 5.41) is 4.50. The highest BCUT2D eigenvalue weighted by Gasteiger charge is 2.41. The molecule has 1 aliphatic heterocycles. The Bertz CT molecular complexity index is 951. The minimum atomic E-state index is -3.81. The fourth-order valence-corrected chi connectivity index (χ4v) is 5.84. The van der Waals surface area contributed by atoms with Crippen molar-refractivity contribution in [2.45, 2.75) is 18.5 Å². The van der Waals surface area contributed by atoms with E-state index in [2.05, 4.69) is 41.9 Å². The van der Waals surface area contributed by atoms with Crippen LogP contribution in [0, 0.1) is 5.82 Å². The minimum Gasteiger partial charge on any atom is -0.325 e. The van der Waals surface area contributed by atoms with Crippen LogP contribution in [0.4, 0.5) is 10.1 Å². The zero-order valence-electron chi connectivity index (χ0n) is 13.4. The van der Waals surface area contributed by atoms with Crippen LogP contribution in [0.1, 0.15) is 17.3 Å². The molecule has 0 radical (unpaired) electrons. The second-order valence-corrected chi connectivity index (χ2v) is 10.2. The Morgan fingerprint density at radius 2 is 2.12 bits per heavy atom. The Kier molecular flexibility index (Phi) is 5.85. The van der Waals surface area contributed by atoms with E-state index >= 15 is 0 Å². The van der Waals surface area contributed by atoms with Crippen LogP contribution in [0.5, 0.6) is 0 Å². The molecule has 2 aromatic rings. The van der Waals surface area contributed by atoms with Gasteiger partial charge in [-0.15, -0.1) is 11.3 Å². The lowest BCUT2D eigenvalue weighted by Gasteiger charge is -2.35. The molecule has 11 heteroatoms. The molecule has 0 bridgehead atoms. The molecule has 1 saturated heterocycles. The topological polar surface area (TPSA) is 78.5 Å². The second-order valence-electron chi connectivity index (χ2n) is 5.73. The van der Waals surface area contributed by atoms with Gasteiger partial charge in [0.2, 0.25) is 5.91 Å². The van der Waals surface area contributed by atoms with Crippen LogP contribution in [0.3, 0.4) is 0 Å². The number of thiophene rings is 1. The number of nitrogens with one attached hydrogen (secondary N) is 2. The largest absolute Gasteiger partial charge is 0.325 e. The first-order valence-corrected chi connectivity index (χ1v) is 11.3. The number of anilines is 1. The van der Waals surface area contributed by atoms with Gasteiger partial charge in [0, 0.05) is 27.5 Å². The quantitative estimate of drug-likeness (QED) is 0.641. The molecular weight excluding hydrogens is 513 g/mol. The Morgan fingerprint density at radius 1 is 1.38 bits per heavy atom. The summed E-state index contributed by atoms with van der Waals surface area (Å²) < 4.78 is 42.8. The van der Waals surface area contributed by atoms with Crippen molar-refractivity contribution in [3.63, 3.8) is 0 Å². The van der Waals surface area contributed by atoms with Crippen molar-refractivity contribution in [1.29, 1.82) is 0 Å². The number of amides is 1. The third-order valence-corrected chi connectivity index (χ3v) is 8.00. The summed E-state index contributed by atoms with van der Waals surface area (Å²) in [5.41, 5.74) is 0.378. The third-order valence-electron chi connectivity index (χ3n) is 3.99. The lowest BCUT2D eigenvalue weighted by atomic mass is 10.1. The summed E-state index contributed by atoms with van der Waals surface area (Å²) in [4.78, 5) is 13.5. The average Bonchev–Trinajstić information content (AvgIpc) is 2.99. The smallest absolute Gasteiger partial charge is 0.280 e. The first kappa shape index (κ1) is 19.9. The lowest BCUT2D eigenvalue weighted by molar-refractivity contribution is -0.120. The molecule has 6 nitrogen and oxygen atoms in total. The van der Waals surface area contributed by atoms with Gasteiger partial charge in [-0.05, 0) is 62.5 Å². The van der Waals surface area contributed by atoms with Crippen molar-refractivity contribution in [2.24, 2.45) is 0 Å². The van der Waals surface area contributed by atoms with Gasteiger partial charge in [-0.25, -0.2) is 4.39 Å². The van der Waals surface area contributed by atoms with Gasteiger partial charge in [0.1, 0.15) is 11.9 Å². The van der Waals surface area contributed by atoms with Gasteiger partial charge in [0.25, 0.3) is 10.2 Å². The van der Waals surface area contributed by atoms with Crippen LogP contribution in [-0.2, 0) is 15.0 Å². The monoisotopic (exact) mass is 525 g/mol. The molecule has 2 heterocycles. The number of benzene rings is 1. The second kappa shape index (κ2) is 7.64. The summed E-state index contributed by atoms with van der Waals surface area (Å²) >= 11 is 7.81. The molecule has 1 aliphatic rings. The van der Waals surface area contributed by atoms with Gasteiger partial charge in [0.05, 0.1) is 10.5 Å². The minimum absolute atomic E-state index is 0.211. The van der Waals surface area contributed by atoms with Crippen molar-refractivity contribution in [3.05, 3.63) is 49.3 Å². The summed E-state index contributed by atoms with van der Waals surface area (Å²) in [6, 6.07) is 4.50. The van der Waals surface area contributed by atoms with Gasteiger partial charge in [-0.1, -0.05) is 0 Å². The molecule has 1 fully saturated rings. The standard InChI is InChI=1S/C15H14Br2FN3O3S2/c1-21-13(15(22)19-9-2-3-11(18)10(17)5-9)6-12(20-26(21,23)24)14-4-8(16)7-25-14/h2-5,7,12-13,20H,6H2,1H3,(H,19,22)/t12-,13+/m1/s1. The van der Waals surface area contributed by atoms with E-state index in [1.165, 1.54) is 36.6 Å². The van der Waals surface area contributed by atoms with Crippen LogP contribution in [0.25, 0.3) is 0 Å². The van der Waals surface area contributed by atoms with E-state index in [0.29, 0.717) is 5.69 Å². The molecule has 1 amide bonds. The molecule has 2 N–H and O–H groups in total. The molecule has 0 saturated carbocycles.